The summed E-state index contributed by atoms with van der Waals surface area (Å²) in [6.45, 7) is 2.40. The van der Waals surface area contributed by atoms with Crippen LogP contribution in [0.4, 0.5) is 5.82 Å². The van der Waals surface area contributed by atoms with Crippen LogP contribution in [0.25, 0.3) is 10.6 Å². The zero-order chi connectivity index (χ0) is 15.9. The van der Waals surface area contributed by atoms with Gasteiger partial charge in [-0.1, -0.05) is 6.07 Å². The maximum Gasteiger partial charge on any atom is 0.217 e. The largest absolute Gasteiger partial charge is 0.352 e. The van der Waals surface area contributed by atoms with E-state index in [1.165, 1.54) is 0 Å². The van der Waals surface area contributed by atoms with Gasteiger partial charge in [0.2, 0.25) is 10.0 Å². The molecule has 0 atom stereocenters. The van der Waals surface area contributed by atoms with E-state index in [1.807, 2.05) is 29.6 Å². The second-order valence-electron chi connectivity index (χ2n) is 5.88. The van der Waals surface area contributed by atoms with Crippen LogP contribution in [0.3, 0.4) is 0 Å². The lowest BCUT2D eigenvalue weighted by atomic mass is 10.3. The number of anilines is 1. The molecule has 2 fully saturated rings. The first kappa shape index (κ1) is 15.0. The summed E-state index contributed by atoms with van der Waals surface area (Å²) in [4.78, 5) is 3.20. The predicted octanol–water partition coefficient (Wildman–Crippen LogP) is 1.82. The minimum absolute atomic E-state index is 0.126. The number of hydrogen-bond acceptors (Lipinski definition) is 6. The molecule has 0 spiro atoms. The lowest BCUT2D eigenvalue weighted by molar-refractivity contribution is 0.383. The van der Waals surface area contributed by atoms with Crippen LogP contribution in [0.1, 0.15) is 12.8 Å². The fraction of sp³-hybridized carbons (Fsp3) is 0.467. The number of thiophene rings is 1. The van der Waals surface area contributed by atoms with Gasteiger partial charge in [-0.2, -0.15) is 4.31 Å². The molecule has 1 saturated carbocycles. The second-order valence-corrected chi connectivity index (χ2v) is 9.05. The topological polar surface area (TPSA) is 66.4 Å². The average molecular weight is 350 g/mol. The summed E-state index contributed by atoms with van der Waals surface area (Å²) in [7, 11) is -3.06. The van der Waals surface area contributed by atoms with E-state index in [0.29, 0.717) is 26.2 Å². The van der Waals surface area contributed by atoms with Gasteiger partial charge in [0.25, 0.3) is 0 Å². The van der Waals surface area contributed by atoms with Crippen molar-refractivity contribution < 1.29 is 8.42 Å². The van der Waals surface area contributed by atoms with Crippen molar-refractivity contribution in [3.63, 3.8) is 0 Å². The molecule has 1 aliphatic carbocycles. The quantitative estimate of drug-likeness (QED) is 0.841. The molecular formula is C15H18N4O2S2. The van der Waals surface area contributed by atoms with Crippen LogP contribution in [-0.4, -0.2) is 54.3 Å². The summed E-state index contributed by atoms with van der Waals surface area (Å²) in [6.07, 6.45) is 1.64. The molecule has 4 rings (SSSR count). The van der Waals surface area contributed by atoms with Crippen LogP contribution in [-0.2, 0) is 10.0 Å². The van der Waals surface area contributed by atoms with Crippen molar-refractivity contribution in [2.75, 3.05) is 31.1 Å². The van der Waals surface area contributed by atoms with Gasteiger partial charge in [0, 0.05) is 26.2 Å². The predicted molar refractivity (Wildman–Crippen MR) is 91.1 cm³/mol. The number of rotatable bonds is 4. The summed E-state index contributed by atoms with van der Waals surface area (Å²) in [5.74, 6) is 0.814. The minimum atomic E-state index is -3.06. The first-order valence-electron chi connectivity index (χ1n) is 7.76. The first-order valence-corrected chi connectivity index (χ1v) is 10.1. The van der Waals surface area contributed by atoms with Crippen LogP contribution in [0.15, 0.2) is 29.6 Å². The third-order valence-electron chi connectivity index (χ3n) is 4.29. The Hall–Kier alpha value is -1.51. The molecule has 0 N–H and O–H groups in total. The van der Waals surface area contributed by atoms with Crippen LogP contribution in [0, 0.1) is 0 Å². The highest BCUT2D eigenvalue weighted by Crippen LogP contribution is 2.31. The van der Waals surface area contributed by atoms with Gasteiger partial charge in [-0.3, -0.25) is 0 Å². The molecule has 1 aliphatic heterocycles. The fourth-order valence-corrected chi connectivity index (χ4v) is 5.31. The van der Waals surface area contributed by atoms with E-state index >= 15 is 0 Å². The van der Waals surface area contributed by atoms with E-state index in [0.717, 1.165) is 29.2 Å². The molecule has 2 aromatic heterocycles. The molecule has 0 unspecified atom stereocenters. The lowest BCUT2D eigenvalue weighted by Crippen LogP contribution is -2.49. The average Bonchev–Trinajstić information content (AvgIpc) is 3.32. The molecule has 122 valence electrons. The highest BCUT2D eigenvalue weighted by Gasteiger charge is 2.41. The van der Waals surface area contributed by atoms with E-state index in [4.69, 9.17) is 0 Å². The van der Waals surface area contributed by atoms with Crippen LogP contribution in [0.2, 0.25) is 0 Å². The second kappa shape index (κ2) is 5.85. The molecule has 1 saturated heterocycles. The highest BCUT2D eigenvalue weighted by atomic mass is 32.2. The van der Waals surface area contributed by atoms with Crippen molar-refractivity contribution in [2.45, 2.75) is 18.1 Å². The molecule has 2 aliphatic rings. The Kier molecular flexibility index (Phi) is 3.82. The van der Waals surface area contributed by atoms with Gasteiger partial charge >= 0.3 is 0 Å². The molecule has 0 bridgehead atoms. The molecule has 8 heteroatoms. The zero-order valence-corrected chi connectivity index (χ0v) is 14.3. The van der Waals surface area contributed by atoms with Crippen molar-refractivity contribution in [3.8, 4) is 10.6 Å². The molecule has 0 aromatic carbocycles. The van der Waals surface area contributed by atoms with Crippen LogP contribution in [0.5, 0.6) is 0 Å². The van der Waals surface area contributed by atoms with Gasteiger partial charge in [0.15, 0.2) is 5.82 Å². The Labute approximate surface area is 139 Å². The fourth-order valence-electron chi connectivity index (χ4n) is 2.80. The van der Waals surface area contributed by atoms with Gasteiger partial charge < -0.3 is 4.90 Å². The maximum atomic E-state index is 12.2. The number of piperazine rings is 1. The zero-order valence-electron chi connectivity index (χ0n) is 12.6. The van der Waals surface area contributed by atoms with Gasteiger partial charge in [0.1, 0.15) is 5.69 Å². The highest BCUT2D eigenvalue weighted by molar-refractivity contribution is 7.90. The van der Waals surface area contributed by atoms with E-state index in [2.05, 4.69) is 15.1 Å². The standard InChI is InChI=1S/C15H18N4O2S2/c20-23(21,12-3-4-12)19-9-7-18(8-10-19)15-6-5-13(16-17-15)14-2-1-11-22-14/h1-2,5-6,11-12H,3-4,7-10H2. The van der Waals surface area contributed by atoms with Crippen molar-refractivity contribution in [1.29, 1.82) is 0 Å². The van der Waals surface area contributed by atoms with E-state index < -0.39 is 10.0 Å². The van der Waals surface area contributed by atoms with Gasteiger partial charge in [-0.05, 0) is 36.4 Å². The van der Waals surface area contributed by atoms with Crippen molar-refractivity contribution >= 4 is 27.2 Å². The molecule has 23 heavy (non-hydrogen) atoms. The maximum absolute atomic E-state index is 12.2. The van der Waals surface area contributed by atoms with E-state index in [1.54, 1.807) is 15.6 Å². The Morgan fingerprint density at radius 2 is 1.83 bits per heavy atom. The van der Waals surface area contributed by atoms with E-state index in [9.17, 15) is 8.42 Å². The summed E-state index contributed by atoms with van der Waals surface area (Å²) in [6, 6.07) is 7.96. The Balaban J connectivity index is 1.42. The molecule has 6 nitrogen and oxygen atoms in total. The van der Waals surface area contributed by atoms with Crippen molar-refractivity contribution in [2.24, 2.45) is 0 Å². The van der Waals surface area contributed by atoms with E-state index in [-0.39, 0.29) is 5.25 Å². The molecule has 2 aromatic rings. The third-order valence-corrected chi connectivity index (χ3v) is 7.58. The number of sulfonamides is 1. The molecule has 0 radical (unpaired) electrons. The summed E-state index contributed by atoms with van der Waals surface area (Å²) >= 11 is 1.64. The molecule has 0 amide bonds. The van der Waals surface area contributed by atoms with Gasteiger partial charge in [-0.15, -0.1) is 21.5 Å². The summed E-state index contributed by atoms with van der Waals surface area (Å²) in [5, 5.41) is 10.5. The minimum Gasteiger partial charge on any atom is -0.352 e. The Bertz CT molecular complexity index is 762. The van der Waals surface area contributed by atoms with Crippen molar-refractivity contribution in [3.05, 3.63) is 29.6 Å². The van der Waals surface area contributed by atoms with Crippen LogP contribution >= 0.6 is 11.3 Å². The third kappa shape index (κ3) is 2.98. The monoisotopic (exact) mass is 350 g/mol. The lowest BCUT2D eigenvalue weighted by Gasteiger charge is -2.34. The SMILES string of the molecule is O=S(=O)(C1CC1)N1CCN(c2ccc(-c3cccs3)nn2)CC1. The smallest absolute Gasteiger partial charge is 0.217 e. The summed E-state index contributed by atoms with van der Waals surface area (Å²) < 4.78 is 26.1. The van der Waals surface area contributed by atoms with Crippen LogP contribution < -0.4 is 4.90 Å². The van der Waals surface area contributed by atoms with Gasteiger partial charge in [0.05, 0.1) is 10.1 Å². The number of nitrogens with zero attached hydrogens (tertiary/aromatic N) is 4. The normalized spacial score (nSPS) is 19.9. The Morgan fingerprint density at radius 3 is 2.39 bits per heavy atom. The van der Waals surface area contributed by atoms with Gasteiger partial charge in [-0.25, -0.2) is 8.42 Å². The van der Waals surface area contributed by atoms with Crippen molar-refractivity contribution in [1.82, 2.24) is 14.5 Å². The Morgan fingerprint density at radius 1 is 1.04 bits per heavy atom. The molecule has 3 heterocycles. The number of hydrogen-bond donors (Lipinski definition) is 0. The molecular weight excluding hydrogens is 332 g/mol. The number of aromatic nitrogens is 2. The summed E-state index contributed by atoms with van der Waals surface area (Å²) in [5.41, 5.74) is 0.874. The first-order chi connectivity index (χ1) is 11.1.